The lowest BCUT2D eigenvalue weighted by Gasteiger charge is -2.21. The summed E-state index contributed by atoms with van der Waals surface area (Å²) in [6.45, 7) is 0.892. The van der Waals surface area contributed by atoms with Crippen molar-refractivity contribution < 1.29 is 9.59 Å². The molecule has 2 aliphatic rings. The summed E-state index contributed by atoms with van der Waals surface area (Å²) in [5, 5.41) is 15.6. The average Bonchev–Trinajstić information content (AvgIpc) is 3.48. The molecule has 2 aromatic carbocycles. The molecule has 2 aromatic rings. The van der Waals surface area contributed by atoms with E-state index in [9.17, 15) is 9.59 Å². The number of likely N-dealkylation sites (tertiary alicyclic amines) is 1. The van der Waals surface area contributed by atoms with Crippen molar-refractivity contribution in [2.24, 2.45) is 5.92 Å². The lowest BCUT2D eigenvalue weighted by atomic mass is 10.0. The van der Waals surface area contributed by atoms with Crippen LogP contribution in [0.4, 0.5) is 5.69 Å². The first kappa shape index (κ1) is 21.1. The number of nitrogens with zero attached hydrogens (tertiary/aromatic N) is 2. The minimum absolute atomic E-state index is 0.0197. The number of amides is 2. The second kappa shape index (κ2) is 9.76. The van der Waals surface area contributed by atoms with Gasteiger partial charge in [-0.1, -0.05) is 48.5 Å². The minimum atomic E-state index is -0.291. The molecule has 2 amide bonds. The number of carbonyl (C=O) groups is 2. The number of benzene rings is 2. The Kier molecular flexibility index (Phi) is 6.63. The van der Waals surface area contributed by atoms with Gasteiger partial charge < -0.3 is 15.5 Å². The van der Waals surface area contributed by atoms with Gasteiger partial charge in [0.15, 0.2) is 0 Å². The van der Waals surface area contributed by atoms with Crippen LogP contribution in [0.1, 0.15) is 32.1 Å². The van der Waals surface area contributed by atoms with E-state index >= 15 is 0 Å². The van der Waals surface area contributed by atoms with E-state index < -0.39 is 0 Å². The van der Waals surface area contributed by atoms with E-state index in [1.807, 2.05) is 54.6 Å². The normalized spacial score (nSPS) is 22.8. The van der Waals surface area contributed by atoms with Crippen LogP contribution >= 0.6 is 0 Å². The lowest BCUT2D eigenvalue weighted by Crippen LogP contribution is -2.43. The highest BCUT2D eigenvalue weighted by molar-refractivity contribution is 5.97. The van der Waals surface area contributed by atoms with Crippen LogP contribution in [0.3, 0.4) is 0 Å². The van der Waals surface area contributed by atoms with E-state index in [2.05, 4.69) is 16.7 Å². The SMILES string of the molecule is N#C[C@@H]1CCCN1C(=O)CNC1CCC(C(=O)Nc2ccccc2-c2ccccc2)C1. The van der Waals surface area contributed by atoms with Crippen LogP contribution in [0.15, 0.2) is 54.6 Å². The van der Waals surface area contributed by atoms with Crippen molar-refractivity contribution in [2.75, 3.05) is 18.4 Å². The van der Waals surface area contributed by atoms with Crippen molar-refractivity contribution in [1.82, 2.24) is 10.2 Å². The fraction of sp³-hybridized carbons (Fsp3) is 0.400. The van der Waals surface area contributed by atoms with E-state index in [1.165, 1.54) is 0 Å². The average molecular weight is 417 g/mol. The van der Waals surface area contributed by atoms with Crippen LogP contribution < -0.4 is 10.6 Å². The molecule has 0 aromatic heterocycles. The number of hydrogen-bond donors (Lipinski definition) is 2. The van der Waals surface area contributed by atoms with Gasteiger partial charge in [-0.2, -0.15) is 5.26 Å². The third-order valence-corrected chi connectivity index (χ3v) is 6.34. The fourth-order valence-electron chi connectivity index (χ4n) is 4.63. The highest BCUT2D eigenvalue weighted by Crippen LogP contribution is 2.31. The molecular weight excluding hydrogens is 388 g/mol. The topological polar surface area (TPSA) is 85.2 Å². The second-order valence-corrected chi connectivity index (χ2v) is 8.36. The molecule has 0 bridgehead atoms. The van der Waals surface area contributed by atoms with Gasteiger partial charge in [-0.15, -0.1) is 0 Å². The number of nitriles is 1. The molecule has 2 fully saturated rings. The van der Waals surface area contributed by atoms with Crippen molar-refractivity contribution in [1.29, 1.82) is 5.26 Å². The molecule has 3 atom stereocenters. The van der Waals surface area contributed by atoms with Gasteiger partial charge in [0.2, 0.25) is 11.8 Å². The third kappa shape index (κ3) is 4.95. The quantitative estimate of drug-likeness (QED) is 0.754. The van der Waals surface area contributed by atoms with E-state index in [-0.39, 0.29) is 36.4 Å². The van der Waals surface area contributed by atoms with Gasteiger partial charge in [-0.3, -0.25) is 9.59 Å². The molecule has 1 saturated heterocycles. The van der Waals surface area contributed by atoms with E-state index in [1.54, 1.807) is 4.90 Å². The molecular formula is C25H28N4O2. The van der Waals surface area contributed by atoms with Gasteiger partial charge >= 0.3 is 0 Å². The molecule has 0 spiro atoms. The van der Waals surface area contributed by atoms with E-state index in [0.717, 1.165) is 42.5 Å². The van der Waals surface area contributed by atoms with Gasteiger partial charge in [0.05, 0.1) is 12.6 Å². The van der Waals surface area contributed by atoms with E-state index in [0.29, 0.717) is 13.0 Å². The molecule has 2 unspecified atom stereocenters. The Balaban J connectivity index is 1.31. The largest absolute Gasteiger partial charge is 0.326 e. The summed E-state index contributed by atoms with van der Waals surface area (Å²) in [7, 11) is 0. The lowest BCUT2D eigenvalue weighted by molar-refractivity contribution is -0.130. The maximum atomic E-state index is 12.9. The number of rotatable bonds is 6. The van der Waals surface area contributed by atoms with Gasteiger partial charge in [0.1, 0.15) is 6.04 Å². The van der Waals surface area contributed by atoms with Crippen molar-refractivity contribution in [3.63, 3.8) is 0 Å². The summed E-state index contributed by atoms with van der Waals surface area (Å²) < 4.78 is 0. The second-order valence-electron chi connectivity index (χ2n) is 8.36. The number of nitrogens with one attached hydrogen (secondary N) is 2. The van der Waals surface area contributed by atoms with Crippen molar-refractivity contribution in [3.05, 3.63) is 54.6 Å². The smallest absolute Gasteiger partial charge is 0.237 e. The zero-order valence-electron chi connectivity index (χ0n) is 17.6. The molecule has 4 rings (SSSR count). The standard InChI is InChI=1S/C25H28N4O2/c26-16-21-9-6-14-29(21)24(30)17-27-20-13-12-19(15-20)25(31)28-23-11-5-4-10-22(23)18-7-2-1-3-8-18/h1-5,7-8,10-11,19-21,27H,6,9,12-15,17H2,(H,28,31)/t19?,20?,21-/m0/s1. The Labute approximate surface area is 183 Å². The van der Waals surface area contributed by atoms with Crippen molar-refractivity contribution in [2.45, 2.75) is 44.2 Å². The number of para-hydroxylation sites is 1. The van der Waals surface area contributed by atoms with Crippen LogP contribution in [-0.4, -0.2) is 41.9 Å². The molecule has 1 saturated carbocycles. The molecule has 1 aliphatic heterocycles. The summed E-state index contributed by atoms with van der Waals surface area (Å²) in [6.07, 6.45) is 4.04. The Bertz CT molecular complexity index is 969. The maximum Gasteiger partial charge on any atom is 0.237 e. The van der Waals surface area contributed by atoms with Gasteiger partial charge in [0, 0.05) is 29.8 Å². The van der Waals surface area contributed by atoms with Gasteiger partial charge in [-0.05, 0) is 43.7 Å². The first-order valence-corrected chi connectivity index (χ1v) is 11.0. The molecule has 31 heavy (non-hydrogen) atoms. The molecule has 6 heteroatoms. The summed E-state index contributed by atoms with van der Waals surface area (Å²) in [6, 6.07) is 19.9. The molecule has 6 nitrogen and oxygen atoms in total. The van der Waals surface area contributed by atoms with Crippen LogP contribution in [0.5, 0.6) is 0 Å². The molecule has 2 N–H and O–H groups in total. The Hall–Kier alpha value is -3.17. The van der Waals surface area contributed by atoms with Crippen molar-refractivity contribution in [3.8, 4) is 17.2 Å². The predicted octanol–water partition coefficient (Wildman–Crippen LogP) is 3.56. The maximum absolute atomic E-state index is 12.9. The third-order valence-electron chi connectivity index (χ3n) is 6.34. The highest BCUT2D eigenvalue weighted by atomic mass is 16.2. The van der Waals surface area contributed by atoms with Crippen LogP contribution in [0.25, 0.3) is 11.1 Å². The van der Waals surface area contributed by atoms with Gasteiger partial charge in [-0.25, -0.2) is 0 Å². The Morgan fingerprint density at radius 2 is 1.81 bits per heavy atom. The van der Waals surface area contributed by atoms with Crippen LogP contribution in [0, 0.1) is 17.2 Å². The zero-order chi connectivity index (χ0) is 21.6. The Morgan fingerprint density at radius 1 is 1.03 bits per heavy atom. The van der Waals surface area contributed by atoms with E-state index in [4.69, 9.17) is 5.26 Å². The molecule has 1 aliphatic carbocycles. The van der Waals surface area contributed by atoms with Gasteiger partial charge in [0.25, 0.3) is 0 Å². The summed E-state index contributed by atoms with van der Waals surface area (Å²) in [5.74, 6) is -0.0630. The summed E-state index contributed by atoms with van der Waals surface area (Å²) >= 11 is 0. The minimum Gasteiger partial charge on any atom is -0.326 e. The number of anilines is 1. The monoisotopic (exact) mass is 416 g/mol. The fourth-order valence-corrected chi connectivity index (χ4v) is 4.63. The van der Waals surface area contributed by atoms with Crippen molar-refractivity contribution >= 4 is 17.5 Å². The first-order valence-electron chi connectivity index (χ1n) is 11.0. The molecule has 1 heterocycles. The predicted molar refractivity (Wildman–Crippen MR) is 120 cm³/mol. The zero-order valence-corrected chi connectivity index (χ0v) is 17.6. The van der Waals surface area contributed by atoms with Crippen LogP contribution in [-0.2, 0) is 9.59 Å². The molecule has 0 radical (unpaired) electrons. The molecule has 160 valence electrons. The summed E-state index contributed by atoms with van der Waals surface area (Å²) in [5.41, 5.74) is 2.90. The Morgan fingerprint density at radius 3 is 2.61 bits per heavy atom. The summed E-state index contributed by atoms with van der Waals surface area (Å²) in [4.78, 5) is 27.0. The number of carbonyl (C=O) groups excluding carboxylic acids is 2. The first-order chi connectivity index (χ1) is 15.2. The van der Waals surface area contributed by atoms with Crippen LogP contribution in [0.2, 0.25) is 0 Å². The number of hydrogen-bond acceptors (Lipinski definition) is 4. The highest BCUT2D eigenvalue weighted by Gasteiger charge is 2.32.